The highest BCUT2D eigenvalue weighted by Crippen LogP contribution is 2.24. The number of carbonyl (C=O) groups is 1. The first kappa shape index (κ1) is 72.7. The summed E-state index contributed by atoms with van der Waals surface area (Å²) in [6, 6.07) is -0.717. The van der Waals surface area contributed by atoms with Gasteiger partial charge in [0.2, 0.25) is 5.91 Å². The molecule has 76 heavy (non-hydrogen) atoms. The van der Waals surface area contributed by atoms with Crippen molar-refractivity contribution in [1.82, 2.24) is 5.32 Å². The molecule has 0 bridgehead atoms. The van der Waals surface area contributed by atoms with E-state index < -0.39 is 49.5 Å². The van der Waals surface area contributed by atoms with Gasteiger partial charge in [0, 0.05) is 6.42 Å². The van der Waals surface area contributed by atoms with Crippen LogP contribution in [0.1, 0.15) is 341 Å². The number of allylic oxidation sites excluding steroid dienone is 4. The van der Waals surface area contributed by atoms with Gasteiger partial charge >= 0.3 is 0 Å². The fourth-order valence-corrected chi connectivity index (χ4v) is 11.0. The van der Waals surface area contributed by atoms with E-state index in [0.717, 1.165) is 44.9 Å². The molecule has 1 aliphatic rings. The van der Waals surface area contributed by atoms with Gasteiger partial charge in [-0.1, -0.05) is 314 Å². The van der Waals surface area contributed by atoms with Crippen molar-refractivity contribution in [2.45, 2.75) is 384 Å². The molecule has 7 unspecified atom stereocenters. The Morgan fingerprint density at radius 2 is 0.776 bits per heavy atom. The van der Waals surface area contributed by atoms with Gasteiger partial charge in [-0.25, -0.2) is 0 Å². The van der Waals surface area contributed by atoms with Crippen LogP contribution in [0.25, 0.3) is 0 Å². The summed E-state index contributed by atoms with van der Waals surface area (Å²) in [5.41, 5.74) is 0. The summed E-state index contributed by atoms with van der Waals surface area (Å²) in [6.45, 7) is 3.89. The minimum Gasteiger partial charge on any atom is -0.394 e. The summed E-state index contributed by atoms with van der Waals surface area (Å²) in [6.07, 6.45) is 66.7. The third-order valence-corrected chi connectivity index (χ3v) is 16.3. The molecule has 1 rings (SSSR count). The lowest BCUT2D eigenvalue weighted by molar-refractivity contribution is -0.302. The van der Waals surface area contributed by atoms with Crippen molar-refractivity contribution in [3.05, 3.63) is 24.3 Å². The average molecular weight is 1080 g/mol. The molecule has 1 fully saturated rings. The number of aliphatic hydroxyl groups excluding tert-OH is 5. The number of hydrogen-bond acceptors (Lipinski definition) is 8. The molecule has 9 nitrogen and oxygen atoms in total. The lowest BCUT2D eigenvalue weighted by Crippen LogP contribution is -2.60. The molecular weight excluding hydrogens is 947 g/mol. The summed E-state index contributed by atoms with van der Waals surface area (Å²) in [7, 11) is 0. The lowest BCUT2D eigenvalue weighted by atomic mass is 9.99. The lowest BCUT2D eigenvalue weighted by Gasteiger charge is -2.40. The maximum atomic E-state index is 13.1. The van der Waals surface area contributed by atoms with Crippen LogP contribution in [0.15, 0.2) is 24.3 Å². The van der Waals surface area contributed by atoms with Crippen LogP contribution in [0.2, 0.25) is 0 Å². The Morgan fingerprint density at radius 3 is 1.13 bits per heavy atom. The fraction of sp³-hybridized carbons (Fsp3) is 0.925. The topological polar surface area (TPSA) is 149 Å². The number of hydrogen-bond donors (Lipinski definition) is 6. The predicted octanol–water partition coefficient (Wildman–Crippen LogP) is 17.7. The number of ether oxygens (including phenoxy) is 2. The Labute approximate surface area is 470 Å². The van der Waals surface area contributed by atoms with E-state index in [0.29, 0.717) is 12.8 Å². The molecule has 450 valence electrons. The predicted molar refractivity (Wildman–Crippen MR) is 323 cm³/mol. The molecule has 1 saturated heterocycles. The van der Waals surface area contributed by atoms with Crippen molar-refractivity contribution in [3.8, 4) is 0 Å². The second-order valence-corrected chi connectivity index (χ2v) is 23.6. The molecule has 9 heteroatoms. The van der Waals surface area contributed by atoms with E-state index in [1.54, 1.807) is 0 Å². The Balaban J connectivity index is 2.08. The van der Waals surface area contributed by atoms with Gasteiger partial charge in [-0.3, -0.25) is 4.79 Å². The molecule has 0 aromatic rings. The summed E-state index contributed by atoms with van der Waals surface area (Å²) < 4.78 is 11.3. The number of carbonyl (C=O) groups excluding carboxylic acids is 1. The first-order chi connectivity index (χ1) is 37.3. The normalized spacial score (nSPS) is 18.9. The fourth-order valence-electron chi connectivity index (χ4n) is 11.0. The SMILES string of the molecule is CCCCCCCCCCCCC/C=C\C/C=C\CCCCCCCCCCCCCCCCCCCC(=O)NC(COC1OC(CO)C(O)C(O)C1O)C(O)CCCCCCCCCCCCCCCCCCCC. The highest BCUT2D eigenvalue weighted by atomic mass is 16.7. The largest absolute Gasteiger partial charge is 0.394 e. The van der Waals surface area contributed by atoms with Crippen molar-refractivity contribution in [2.24, 2.45) is 0 Å². The van der Waals surface area contributed by atoms with Gasteiger partial charge in [0.1, 0.15) is 24.4 Å². The standard InChI is InChI=1S/C67H129NO8/c1-3-5-7-9-11-13-15-17-19-21-23-24-25-26-27-28-29-30-31-32-33-34-35-36-37-38-39-41-43-45-47-49-51-53-55-57-63(71)68-60(59-75-67-66(74)65(73)64(72)62(58-69)76-67)61(70)56-54-52-50-48-46-44-42-40-22-20-18-16-14-12-10-8-6-4-2/h25-26,28-29,60-62,64-67,69-70,72-74H,3-24,27,30-59H2,1-2H3,(H,68,71)/b26-25-,29-28-. The van der Waals surface area contributed by atoms with Crippen molar-refractivity contribution in [1.29, 1.82) is 0 Å². The van der Waals surface area contributed by atoms with Gasteiger partial charge in [-0.15, -0.1) is 0 Å². The Morgan fingerprint density at radius 1 is 0.447 bits per heavy atom. The van der Waals surface area contributed by atoms with E-state index in [2.05, 4.69) is 43.5 Å². The first-order valence-electron chi connectivity index (χ1n) is 33.5. The summed E-state index contributed by atoms with van der Waals surface area (Å²) in [4.78, 5) is 13.1. The minimum atomic E-state index is -1.55. The van der Waals surface area contributed by atoms with Crippen LogP contribution >= 0.6 is 0 Å². The molecule has 6 N–H and O–H groups in total. The molecule has 0 aliphatic carbocycles. The Kier molecular flexibility index (Phi) is 54.4. The molecule has 7 atom stereocenters. The molecule has 1 heterocycles. The molecule has 0 saturated carbocycles. The number of amides is 1. The second-order valence-electron chi connectivity index (χ2n) is 23.6. The number of nitrogens with one attached hydrogen (secondary N) is 1. The second kappa shape index (κ2) is 56.9. The molecular formula is C67H129NO8. The highest BCUT2D eigenvalue weighted by Gasteiger charge is 2.44. The van der Waals surface area contributed by atoms with Crippen LogP contribution in [0.4, 0.5) is 0 Å². The Bertz CT molecular complexity index is 1250. The Hall–Kier alpha value is -1.33. The molecule has 0 aromatic carbocycles. The van der Waals surface area contributed by atoms with Crippen molar-refractivity contribution >= 4 is 5.91 Å². The zero-order chi connectivity index (χ0) is 55.0. The molecule has 1 amide bonds. The maximum absolute atomic E-state index is 13.1. The number of unbranched alkanes of at least 4 members (excludes halogenated alkanes) is 45. The van der Waals surface area contributed by atoms with Gasteiger partial charge in [0.25, 0.3) is 0 Å². The highest BCUT2D eigenvalue weighted by molar-refractivity contribution is 5.76. The summed E-state index contributed by atoms with van der Waals surface area (Å²) in [5.74, 6) is -0.138. The quantitative estimate of drug-likeness (QED) is 0.0261. The monoisotopic (exact) mass is 1080 g/mol. The van der Waals surface area contributed by atoms with Crippen molar-refractivity contribution in [3.63, 3.8) is 0 Å². The van der Waals surface area contributed by atoms with E-state index in [1.807, 2.05) is 0 Å². The zero-order valence-corrected chi connectivity index (χ0v) is 50.3. The van der Waals surface area contributed by atoms with Crippen LogP contribution in [0.3, 0.4) is 0 Å². The third-order valence-electron chi connectivity index (χ3n) is 16.3. The number of aliphatic hydroxyl groups is 5. The zero-order valence-electron chi connectivity index (χ0n) is 50.3. The maximum Gasteiger partial charge on any atom is 0.220 e. The van der Waals surface area contributed by atoms with E-state index >= 15 is 0 Å². The van der Waals surface area contributed by atoms with Crippen molar-refractivity contribution in [2.75, 3.05) is 13.2 Å². The van der Waals surface area contributed by atoms with Gasteiger partial charge in [-0.05, 0) is 44.9 Å². The van der Waals surface area contributed by atoms with Gasteiger partial charge < -0.3 is 40.3 Å². The van der Waals surface area contributed by atoms with Crippen LogP contribution in [0.5, 0.6) is 0 Å². The van der Waals surface area contributed by atoms with E-state index in [1.165, 1.54) is 270 Å². The first-order valence-corrected chi connectivity index (χ1v) is 33.5. The van der Waals surface area contributed by atoms with E-state index in [-0.39, 0.29) is 12.5 Å². The average Bonchev–Trinajstić information content (AvgIpc) is 3.42. The third kappa shape index (κ3) is 45.4. The summed E-state index contributed by atoms with van der Waals surface area (Å²) >= 11 is 0. The summed E-state index contributed by atoms with van der Waals surface area (Å²) in [5, 5.41) is 54.8. The van der Waals surface area contributed by atoms with E-state index in [4.69, 9.17) is 9.47 Å². The molecule has 1 aliphatic heterocycles. The minimum absolute atomic E-state index is 0.134. The van der Waals surface area contributed by atoms with Crippen LogP contribution in [0, 0.1) is 0 Å². The van der Waals surface area contributed by atoms with Crippen LogP contribution in [-0.2, 0) is 14.3 Å². The van der Waals surface area contributed by atoms with E-state index in [9.17, 15) is 30.3 Å². The van der Waals surface area contributed by atoms with Gasteiger partial charge in [-0.2, -0.15) is 0 Å². The van der Waals surface area contributed by atoms with Gasteiger partial charge in [0.15, 0.2) is 6.29 Å². The smallest absolute Gasteiger partial charge is 0.220 e. The van der Waals surface area contributed by atoms with Gasteiger partial charge in [0.05, 0.1) is 25.4 Å². The molecule has 0 radical (unpaired) electrons. The molecule has 0 spiro atoms. The van der Waals surface area contributed by atoms with Crippen molar-refractivity contribution < 1.29 is 39.8 Å². The molecule has 0 aromatic heterocycles. The van der Waals surface area contributed by atoms with Crippen LogP contribution < -0.4 is 5.32 Å². The van der Waals surface area contributed by atoms with Crippen LogP contribution in [-0.4, -0.2) is 87.5 Å². The number of rotatable bonds is 59.